The molecule has 0 saturated carbocycles. The van der Waals surface area contributed by atoms with Crippen molar-refractivity contribution < 1.29 is 4.74 Å². The number of benzene rings is 1. The van der Waals surface area contributed by atoms with Crippen LogP contribution in [0, 0.1) is 0 Å². The van der Waals surface area contributed by atoms with Gasteiger partial charge in [0, 0.05) is 5.56 Å². The molecule has 0 bridgehead atoms. The predicted octanol–water partition coefficient (Wildman–Crippen LogP) is 1.96. The highest BCUT2D eigenvalue weighted by Gasteiger charge is 2.20. The lowest BCUT2D eigenvalue weighted by Crippen LogP contribution is -2.09. The maximum absolute atomic E-state index is 5.96. The van der Waals surface area contributed by atoms with E-state index < -0.39 is 0 Å². The molecule has 0 unspecified atom stereocenters. The molecule has 4 N–H and O–H groups in total. The van der Waals surface area contributed by atoms with Gasteiger partial charge in [-0.15, -0.1) is 0 Å². The normalized spacial score (nSPS) is 12.8. The Kier molecular flexibility index (Phi) is 2.66. The Morgan fingerprint density at radius 3 is 2.68 bits per heavy atom. The number of pyridine rings is 1. The summed E-state index contributed by atoms with van der Waals surface area (Å²) in [5.41, 5.74) is 16.7. The van der Waals surface area contributed by atoms with E-state index in [-0.39, 0.29) is 5.95 Å². The third-order valence-electron chi connectivity index (χ3n) is 4.05. The molecule has 6 heteroatoms. The Labute approximate surface area is 127 Å². The first kappa shape index (κ1) is 12.8. The fraction of sp³-hybridized carbons (Fsp3) is 0.188. The maximum Gasteiger partial charge on any atom is 0.224 e. The largest absolute Gasteiger partial charge is 0.497 e. The zero-order valence-electron chi connectivity index (χ0n) is 12.1. The molecule has 1 aliphatic rings. The highest BCUT2D eigenvalue weighted by molar-refractivity contribution is 5.91. The number of aromatic nitrogens is 3. The van der Waals surface area contributed by atoms with E-state index in [1.54, 1.807) is 7.11 Å². The minimum Gasteiger partial charge on any atom is -0.497 e. The summed E-state index contributed by atoms with van der Waals surface area (Å²) in [6, 6.07) is 8.11. The Bertz CT molecular complexity index is 907. The highest BCUT2D eigenvalue weighted by Crippen LogP contribution is 2.36. The molecule has 0 spiro atoms. The quantitative estimate of drug-likeness (QED) is 0.711. The summed E-state index contributed by atoms with van der Waals surface area (Å²) in [6.45, 7) is 0. The molecule has 6 nitrogen and oxygen atoms in total. The number of fused-ring (bicyclic) bond motifs is 4. The van der Waals surface area contributed by atoms with Crippen molar-refractivity contribution in [3.63, 3.8) is 0 Å². The van der Waals surface area contributed by atoms with E-state index in [2.05, 4.69) is 27.1 Å². The van der Waals surface area contributed by atoms with Gasteiger partial charge in [-0.05, 0) is 42.2 Å². The first-order chi connectivity index (χ1) is 10.7. The van der Waals surface area contributed by atoms with Crippen LogP contribution in [0.1, 0.15) is 11.3 Å². The van der Waals surface area contributed by atoms with Crippen molar-refractivity contribution in [2.45, 2.75) is 12.8 Å². The van der Waals surface area contributed by atoms with Gasteiger partial charge in [-0.3, -0.25) is 0 Å². The van der Waals surface area contributed by atoms with Gasteiger partial charge in [0.15, 0.2) is 5.65 Å². The van der Waals surface area contributed by atoms with Crippen LogP contribution in [0.5, 0.6) is 5.75 Å². The van der Waals surface area contributed by atoms with Crippen LogP contribution in [-0.4, -0.2) is 22.1 Å². The van der Waals surface area contributed by atoms with Crippen molar-refractivity contribution in [1.29, 1.82) is 0 Å². The molecule has 2 aromatic heterocycles. The van der Waals surface area contributed by atoms with Crippen molar-refractivity contribution >= 4 is 22.8 Å². The van der Waals surface area contributed by atoms with Crippen LogP contribution in [0.2, 0.25) is 0 Å². The Hall–Kier alpha value is -2.89. The van der Waals surface area contributed by atoms with Gasteiger partial charge in [0.1, 0.15) is 11.6 Å². The van der Waals surface area contributed by atoms with Crippen LogP contribution in [-0.2, 0) is 12.8 Å². The van der Waals surface area contributed by atoms with Crippen LogP contribution in [0.4, 0.5) is 11.8 Å². The number of ether oxygens (including phenoxy) is 1. The molecule has 0 radical (unpaired) electrons. The van der Waals surface area contributed by atoms with Crippen molar-refractivity contribution in [3.8, 4) is 16.9 Å². The van der Waals surface area contributed by atoms with Gasteiger partial charge < -0.3 is 16.2 Å². The third-order valence-corrected chi connectivity index (χ3v) is 4.05. The fourth-order valence-electron chi connectivity index (χ4n) is 2.97. The lowest BCUT2D eigenvalue weighted by molar-refractivity contribution is 0.414. The molecule has 1 aliphatic carbocycles. The summed E-state index contributed by atoms with van der Waals surface area (Å²) in [6.07, 6.45) is 1.78. The van der Waals surface area contributed by atoms with Crippen molar-refractivity contribution in [3.05, 3.63) is 35.5 Å². The maximum atomic E-state index is 5.96. The van der Waals surface area contributed by atoms with Gasteiger partial charge in [0.2, 0.25) is 5.95 Å². The molecule has 0 amide bonds. The fourth-order valence-corrected chi connectivity index (χ4v) is 2.97. The van der Waals surface area contributed by atoms with Crippen LogP contribution in [0.3, 0.4) is 0 Å². The summed E-state index contributed by atoms with van der Waals surface area (Å²) < 4.78 is 5.30. The lowest BCUT2D eigenvalue weighted by atomic mass is 9.88. The Balaban J connectivity index is 1.98. The summed E-state index contributed by atoms with van der Waals surface area (Å²) in [5, 5.41) is 0.733. The topological polar surface area (TPSA) is 99.9 Å². The number of hydrogen-bond donors (Lipinski definition) is 2. The monoisotopic (exact) mass is 293 g/mol. The van der Waals surface area contributed by atoms with E-state index in [1.165, 1.54) is 5.56 Å². The number of methoxy groups -OCH3 is 1. The highest BCUT2D eigenvalue weighted by atomic mass is 16.5. The molecule has 0 atom stereocenters. The molecule has 0 fully saturated rings. The lowest BCUT2D eigenvalue weighted by Gasteiger charge is -2.20. The number of aryl methyl sites for hydroxylation is 2. The van der Waals surface area contributed by atoms with E-state index in [1.807, 2.05) is 12.1 Å². The Morgan fingerprint density at radius 2 is 1.86 bits per heavy atom. The molecule has 22 heavy (non-hydrogen) atoms. The summed E-state index contributed by atoms with van der Waals surface area (Å²) in [4.78, 5) is 12.8. The number of anilines is 2. The van der Waals surface area contributed by atoms with Gasteiger partial charge in [-0.25, -0.2) is 4.98 Å². The van der Waals surface area contributed by atoms with Gasteiger partial charge in [0.25, 0.3) is 0 Å². The SMILES string of the molecule is COc1ccc2c(c1)CCc1nc3nc(N)nc(N)c3cc1-2. The first-order valence-corrected chi connectivity index (χ1v) is 7.05. The molecule has 110 valence electrons. The zero-order chi connectivity index (χ0) is 15.3. The van der Waals surface area contributed by atoms with E-state index >= 15 is 0 Å². The van der Waals surface area contributed by atoms with E-state index in [0.717, 1.165) is 40.8 Å². The molecule has 2 heterocycles. The standard InChI is InChI=1S/C16H15N5O/c1-22-9-3-4-10-8(6-9)2-5-13-11(10)7-12-14(17)20-16(18)21-15(12)19-13/h3-4,6-7H,2,5H2,1H3,(H4,17,18,19,20,21). The number of nitrogens with zero attached hydrogens (tertiary/aromatic N) is 3. The molecule has 0 aliphatic heterocycles. The van der Waals surface area contributed by atoms with Crippen LogP contribution in [0.15, 0.2) is 24.3 Å². The first-order valence-electron chi connectivity index (χ1n) is 7.05. The molecule has 0 saturated heterocycles. The summed E-state index contributed by atoms with van der Waals surface area (Å²) in [7, 11) is 1.68. The summed E-state index contributed by atoms with van der Waals surface area (Å²) >= 11 is 0. The second-order valence-electron chi connectivity index (χ2n) is 5.34. The number of rotatable bonds is 1. The second-order valence-corrected chi connectivity index (χ2v) is 5.34. The second kappa shape index (κ2) is 4.56. The van der Waals surface area contributed by atoms with Crippen LogP contribution >= 0.6 is 0 Å². The zero-order valence-corrected chi connectivity index (χ0v) is 12.1. The van der Waals surface area contributed by atoms with Gasteiger partial charge >= 0.3 is 0 Å². The van der Waals surface area contributed by atoms with Gasteiger partial charge in [-0.2, -0.15) is 9.97 Å². The van der Waals surface area contributed by atoms with E-state index in [4.69, 9.17) is 16.2 Å². The Morgan fingerprint density at radius 1 is 1.00 bits per heavy atom. The average Bonchev–Trinajstić information content (AvgIpc) is 2.52. The van der Waals surface area contributed by atoms with E-state index in [0.29, 0.717) is 11.5 Å². The number of nitrogen functional groups attached to an aromatic ring is 2. The van der Waals surface area contributed by atoms with Gasteiger partial charge in [-0.1, -0.05) is 6.07 Å². The van der Waals surface area contributed by atoms with Crippen molar-refractivity contribution in [2.75, 3.05) is 18.6 Å². The number of nitrogens with two attached hydrogens (primary N) is 2. The van der Waals surface area contributed by atoms with Gasteiger partial charge in [0.05, 0.1) is 18.2 Å². The predicted molar refractivity (Wildman–Crippen MR) is 85.6 cm³/mol. The molecular weight excluding hydrogens is 278 g/mol. The number of hydrogen-bond acceptors (Lipinski definition) is 6. The third kappa shape index (κ3) is 1.84. The minimum absolute atomic E-state index is 0.151. The molecule has 4 rings (SSSR count). The summed E-state index contributed by atoms with van der Waals surface area (Å²) in [5.74, 6) is 1.38. The molecule has 3 aromatic rings. The van der Waals surface area contributed by atoms with Crippen molar-refractivity contribution in [2.24, 2.45) is 0 Å². The van der Waals surface area contributed by atoms with Crippen LogP contribution < -0.4 is 16.2 Å². The average molecular weight is 293 g/mol. The molecule has 1 aromatic carbocycles. The van der Waals surface area contributed by atoms with Crippen LogP contribution in [0.25, 0.3) is 22.2 Å². The molecular formula is C16H15N5O. The smallest absolute Gasteiger partial charge is 0.224 e. The van der Waals surface area contributed by atoms with Crippen molar-refractivity contribution in [1.82, 2.24) is 15.0 Å². The minimum atomic E-state index is 0.151. The van der Waals surface area contributed by atoms with E-state index in [9.17, 15) is 0 Å².